The minimum atomic E-state index is -3.58. The van der Waals surface area contributed by atoms with Crippen LogP contribution in [-0.4, -0.2) is 92.5 Å². The number of carbonyl (C=O) groups excluding carboxylic acids is 1. The molecule has 0 bridgehead atoms. The SMILES string of the molecule is COc1cc(C(=O)N2CCN(S(=O)(=O)N3CC(C)OC(C)C3)CC2)ccc1OC(C)C. The molecule has 2 fully saturated rings. The van der Waals surface area contributed by atoms with Gasteiger partial charge in [0.05, 0.1) is 25.4 Å². The highest BCUT2D eigenvalue weighted by Gasteiger charge is 2.37. The molecule has 0 N–H and O–H groups in total. The molecule has 9 nitrogen and oxygen atoms in total. The number of morpholine rings is 1. The maximum atomic E-state index is 13.0. The van der Waals surface area contributed by atoms with E-state index in [2.05, 4.69) is 0 Å². The number of hydrogen-bond donors (Lipinski definition) is 0. The maximum absolute atomic E-state index is 13.0. The zero-order chi connectivity index (χ0) is 22.8. The number of ether oxygens (including phenoxy) is 3. The average molecular weight is 456 g/mol. The molecule has 2 aliphatic rings. The van der Waals surface area contributed by atoms with Crippen molar-refractivity contribution in [2.75, 3.05) is 46.4 Å². The lowest BCUT2D eigenvalue weighted by Crippen LogP contribution is -2.57. The lowest BCUT2D eigenvalue weighted by molar-refractivity contribution is -0.0457. The van der Waals surface area contributed by atoms with E-state index in [1.165, 1.54) is 15.7 Å². The number of hydrogen-bond acceptors (Lipinski definition) is 6. The summed E-state index contributed by atoms with van der Waals surface area (Å²) >= 11 is 0. The molecule has 2 saturated heterocycles. The Morgan fingerprint density at radius 3 is 2.19 bits per heavy atom. The van der Waals surface area contributed by atoms with E-state index in [4.69, 9.17) is 14.2 Å². The minimum absolute atomic E-state index is 0.0112. The molecule has 31 heavy (non-hydrogen) atoms. The number of rotatable bonds is 6. The van der Waals surface area contributed by atoms with Crippen LogP contribution in [0.5, 0.6) is 11.5 Å². The molecule has 1 aromatic carbocycles. The van der Waals surface area contributed by atoms with E-state index in [9.17, 15) is 13.2 Å². The quantitative estimate of drug-likeness (QED) is 0.647. The van der Waals surface area contributed by atoms with Crippen LogP contribution in [0, 0.1) is 0 Å². The second kappa shape index (κ2) is 9.72. The first-order chi connectivity index (χ1) is 14.6. The van der Waals surface area contributed by atoms with Crippen molar-refractivity contribution in [2.45, 2.75) is 46.0 Å². The fourth-order valence-electron chi connectivity index (χ4n) is 3.94. The summed E-state index contributed by atoms with van der Waals surface area (Å²) in [5, 5.41) is 0. The van der Waals surface area contributed by atoms with Crippen LogP contribution < -0.4 is 9.47 Å². The van der Waals surface area contributed by atoms with Crippen LogP contribution in [0.2, 0.25) is 0 Å². The molecule has 0 spiro atoms. The number of nitrogens with zero attached hydrogens (tertiary/aromatic N) is 3. The summed E-state index contributed by atoms with van der Waals surface area (Å²) in [5.41, 5.74) is 0.486. The predicted molar refractivity (Wildman–Crippen MR) is 117 cm³/mol. The van der Waals surface area contributed by atoms with Gasteiger partial charge in [0.2, 0.25) is 0 Å². The van der Waals surface area contributed by atoms with Crippen molar-refractivity contribution in [3.8, 4) is 11.5 Å². The third kappa shape index (κ3) is 5.49. The van der Waals surface area contributed by atoms with Gasteiger partial charge in [-0.05, 0) is 45.9 Å². The predicted octanol–water partition coefficient (Wildman–Crippen LogP) is 1.59. The molecule has 0 saturated carbocycles. The second-order valence-corrected chi connectivity index (χ2v) is 10.2. The van der Waals surface area contributed by atoms with Crippen LogP contribution >= 0.6 is 0 Å². The minimum Gasteiger partial charge on any atom is -0.493 e. The summed E-state index contributed by atoms with van der Waals surface area (Å²) in [7, 11) is -2.04. The molecule has 2 atom stereocenters. The van der Waals surface area contributed by atoms with E-state index < -0.39 is 10.2 Å². The standard InChI is InChI=1S/C21H33N3O6S/c1-15(2)29-19-7-6-18(12-20(19)28-5)21(25)22-8-10-23(11-9-22)31(26,27)24-13-16(3)30-17(4)14-24/h6-7,12,15-17H,8-11,13-14H2,1-5H3. The van der Waals surface area contributed by atoms with Gasteiger partial charge in [0.1, 0.15) is 0 Å². The largest absolute Gasteiger partial charge is 0.493 e. The first kappa shape index (κ1) is 23.8. The van der Waals surface area contributed by atoms with Crippen molar-refractivity contribution in [1.82, 2.24) is 13.5 Å². The number of amides is 1. The van der Waals surface area contributed by atoms with Gasteiger partial charge in [-0.2, -0.15) is 17.0 Å². The molecule has 0 aromatic heterocycles. The Morgan fingerprint density at radius 2 is 1.65 bits per heavy atom. The van der Waals surface area contributed by atoms with E-state index in [0.717, 1.165) is 0 Å². The monoisotopic (exact) mass is 455 g/mol. The first-order valence-corrected chi connectivity index (χ1v) is 12.1. The van der Waals surface area contributed by atoms with Crippen LogP contribution in [0.25, 0.3) is 0 Å². The number of carbonyl (C=O) groups is 1. The van der Waals surface area contributed by atoms with Crippen LogP contribution in [0.3, 0.4) is 0 Å². The highest BCUT2D eigenvalue weighted by Crippen LogP contribution is 2.29. The Balaban J connectivity index is 1.64. The van der Waals surface area contributed by atoms with Gasteiger partial charge in [0, 0.05) is 44.8 Å². The molecule has 2 heterocycles. The molecule has 0 radical (unpaired) electrons. The topological polar surface area (TPSA) is 88.6 Å². The zero-order valence-corrected chi connectivity index (χ0v) is 19.7. The Bertz CT molecular complexity index is 873. The van der Waals surface area contributed by atoms with Crippen molar-refractivity contribution in [3.63, 3.8) is 0 Å². The Morgan fingerprint density at radius 1 is 1.03 bits per heavy atom. The van der Waals surface area contributed by atoms with Crippen LogP contribution in [0.4, 0.5) is 0 Å². The van der Waals surface area contributed by atoms with Crippen molar-refractivity contribution in [2.24, 2.45) is 0 Å². The van der Waals surface area contributed by atoms with Gasteiger partial charge in [-0.1, -0.05) is 0 Å². The summed E-state index contributed by atoms with van der Waals surface area (Å²) in [6.07, 6.45) is -0.291. The summed E-state index contributed by atoms with van der Waals surface area (Å²) in [6, 6.07) is 5.11. The fourth-order valence-corrected chi connectivity index (χ4v) is 5.69. The van der Waals surface area contributed by atoms with Gasteiger partial charge in [0.15, 0.2) is 11.5 Å². The summed E-state index contributed by atoms with van der Waals surface area (Å²) in [4.78, 5) is 14.7. The third-order valence-corrected chi connectivity index (χ3v) is 7.31. The molecule has 0 aliphatic carbocycles. The van der Waals surface area contributed by atoms with Crippen molar-refractivity contribution < 1.29 is 27.4 Å². The number of benzene rings is 1. The number of piperazine rings is 1. The smallest absolute Gasteiger partial charge is 0.282 e. The van der Waals surface area contributed by atoms with Gasteiger partial charge < -0.3 is 19.1 Å². The highest BCUT2D eigenvalue weighted by molar-refractivity contribution is 7.86. The molecule has 1 aromatic rings. The van der Waals surface area contributed by atoms with E-state index in [0.29, 0.717) is 43.2 Å². The second-order valence-electron chi connectivity index (χ2n) is 8.31. The van der Waals surface area contributed by atoms with Crippen LogP contribution in [-0.2, 0) is 14.9 Å². The first-order valence-electron chi connectivity index (χ1n) is 10.7. The van der Waals surface area contributed by atoms with Gasteiger partial charge in [-0.15, -0.1) is 0 Å². The van der Waals surface area contributed by atoms with Crippen LogP contribution in [0.15, 0.2) is 18.2 Å². The van der Waals surface area contributed by atoms with Crippen molar-refractivity contribution >= 4 is 16.1 Å². The Labute approximate surface area is 185 Å². The molecule has 10 heteroatoms. The highest BCUT2D eigenvalue weighted by atomic mass is 32.2. The molecule has 2 aliphatic heterocycles. The van der Waals surface area contributed by atoms with E-state index in [-0.39, 0.29) is 37.3 Å². The van der Waals surface area contributed by atoms with Crippen molar-refractivity contribution in [1.29, 1.82) is 0 Å². The lowest BCUT2D eigenvalue weighted by Gasteiger charge is -2.40. The zero-order valence-electron chi connectivity index (χ0n) is 18.9. The average Bonchev–Trinajstić information content (AvgIpc) is 2.72. The molecular formula is C21H33N3O6S. The fraction of sp³-hybridized carbons (Fsp3) is 0.667. The molecule has 3 rings (SSSR count). The Hall–Kier alpha value is -1.88. The summed E-state index contributed by atoms with van der Waals surface area (Å²) in [6.45, 7) is 9.47. The summed E-state index contributed by atoms with van der Waals surface area (Å²) < 4.78 is 45.8. The van der Waals surface area contributed by atoms with E-state index in [1.54, 1.807) is 23.1 Å². The molecule has 2 unspecified atom stereocenters. The third-order valence-electron chi connectivity index (χ3n) is 5.34. The molecular weight excluding hydrogens is 422 g/mol. The normalized spacial score (nSPS) is 23.7. The lowest BCUT2D eigenvalue weighted by atomic mass is 10.1. The van der Waals surface area contributed by atoms with Gasteiger partial charge in [-0.3, -0.25) is 4.79 Å². The number of methoxy groups -OCH3 is 1. The Kier molecular flexibility index (Phi) is 7.46. The van der Waals surface area contributed by atoms with E-state index in [1.807, 2.05) is 27.7 Å². The summed E-state index contributed by atoms with van der Waals surface area (Å²) in [5.74, 6) is 0.926. The van der Waals surface area contributed by atoms with Gasteiger partial charge in [-0.25, -0.2) is 0 Å². The van der Waals surface area contributed by atoms with Gasteiger partial charge in [0.25, 0.3) is 16.1 Å². The van der Waals surface area contributed by atoms with E-state index >= 15 is 0 Å². The van der Waals surface area contributed by atoms with Crippen molar-refractivity contribution in [3.05, 3.63) is 23.8 Å². The van der Waals surface area contributed by atoms with Gasteiger partial charge >= 0.3 is 0 Å². The molecule has 1 amide bonds. The molecule has 174 valence electrons. The van der Waals surface area contributed by atoms with Crippen LogP contribution in [0.1, 0.15) is 38.1 Å². The maximum Gasteiger partial charge on any atom is 0.282 e.